The topological polar surface area (TPSA) is 55.4 Å². The average molecular weight is 303 g/mol. The van der Waals surface area contributed by atoms with Gasteiger partial charge in [0.05, 0.1) is 12.2 Å². The molecule has 4 nitrogen and oxygen atoms in total. The zero-order chi connectivity index (χ0) is 15.9. The highest BCUT2D eigenvalue weighted by Crippen LogP contribution is 2.18. The third-order valence-electron chi connectivity index (χ3n) is 2.62. The van der Waals surface area contributed by atoms with Gasteiger partial charge < -0.3 is 10.1 Å². The van der Waals surface area contributed by atoms with Gasteiger partial charge in [-0.15, -0.1) is 0 Å². The number of benzene rings is 1. The van der Waals surface area contributed by atoms with E-state index in [0.29, 0.717) is 6.61 Å². The lowest BCUT2D eigenvalue weighted by atomic mass is 10.2. The Hall–Kier alpha value is -2.05. The molecule has 0 fully saturated rings. The minimum Gasteiger partial charge on any atom is -0.462 e. The Bertz CT molecular complexity index is 483. The van der Waals surface area contributed by atoms with Crippen molar-refractivity contribution < 1.29 is 27.5 Å². The van der Waals surface area contributed by atoms with E-state index < -0.39 is 18.1 Å². The standard InChI is InChI=1S/C14H16F3NO3/c1-2-3-4-9-21-12(19)10-5-7-11(8-6-10)18-13(20)14(15,16)17/h5-8H,2-4,9H2,1H3,(H,18,20). The van der Waals surface area contributed by atoms with E-state index in [4.69, 9.17) is 4.74 Å². The van der Waals surface area contributed by atoms with E-state index in [0.717, 1.165) is 19.3 Å². The second-order valence-electron chi connectivity index (χ2n) is 4.37. The fraction of sp³-hybridized carbons (Fsp3) is 0.429. The van der Waals surface area contributed by atoms with Gasteiger partial charge in [-0.2, -0.15) is 13.2 Å². The predicted molar refractivity (Wildman–Crippen MR) is 70.9 cm³/mol. The smallest absolute Gasteiger partial charge is 0.462 e. The summed E-state index contributed by atoms with van der Waals surface area (Å²) in [5.41, 5.74) is 0.177. The van der Waals surface area contributed by atoms with Crippen LogP contribution in [0.25, 0.3) is 0 Å². The Balaban J connectivity index is 2.54. The van der Waals surface area contributed by atoms with Crippen molar-refractivity contribution in [1.82, 2.24) is 0 Å². The molecule has 21 heavy (non-hydrogen) atoms. The molecule has 0 atom stereocenters. The van der Waals surface area contributed by atoms with Gasteiger partial charge in [-0.25, -0.2) is 4.79 Å². The summed E-state index contributed by atoms with van der Waals surface area (Å²) < 4.78 is 41.2. The van der Waals surface area contributed by atoms with Crippen LogP contribution in [-0.4, -0.2) is 24.7 Å². The number of rotatable bonds is 6. The van der Waals surface area contributed by atoms with Gasteiger partial charge in [0.2, 0.25) is 0 Å². The molecule has 0 aromatic heterocycles. The van der Waals surface area contributed by atoms with Gasteiger partial charge in [0.15, 0.2) is 0 Å². The van der Waals surface area contributed by atoms with Crippen molar-refractivity contribution in [2.45, 2.75) is 32.4 Å². The molecular formula is C14H16F3NO3. The van der Waals surface area contributed by atoms with Crippen LogP contribution in [0.15, 0.2) is 24.3 Å². The molecular weight excluding hydrogens is 287 g/mol. The Labute approximate surface area is 120 Å². The first-order valence-corrected chi connectivity index (χ1v) is 6.50. The zero-order valence-corrected chi connectivity index (χ0v) is 11.5. The number of carbonyl (C=O) groups excluding carboxylic acids is 2. The van der Waals surface area contributed by atoms with Crippen LogP contribution in [0.5, 0.6) is 0 Å². The molecule has 0 saturated heterocycles. The molecule has 0 unspecified atom stereocenters. The predicted octanol–water partition coefficient (Wildman–Crippen LogP) is 3.53. The van der Waals surface area contributed by atoms with Crippen LogP contribution in [-0.2, 0) is 9.53 Å². The van der Waals surface area contributed by atoms with Gasteiger partial charge in [-0.1, -0.05) is 19.8 Å². The maximum Gasteiger partial charge on any atom is 0.471 e. The molecule has 0 bridgehead atoms. The number of ether oxygens (including phenoxy) is 1. The first kappa shape index (κ1) is 17.0. The van der Waals surface area contributed by atoms with Crippen LogP contribution in [0.1, 0.15) is 36.5 Å². The minimum absolute atomic E-state index is 0.0418. The van der Waals surface area contributed by atoms with Crippen LogP contribution in [0.2, 0.25) is 0 Å². The number of hydrogen-bond donors (Lipinski definition) is 1. The Morgan fingerprint density at radius 2 is 1.76 bits per heavy atom. The molecule has 0 aliphatic rings. The summed E-state index contributed by atoms with van der Waals surface area (Å²) in [6.45, 7) is 2.33. The molecule has 1 aromatic carbocycles. The van der Waals surface area contributed by atoms with E-state index in [2.05, 4.69) is 0 Å². The SMILES string of the molecule is CCCCCOC(=O)c1ccc(NC(=O)C(F)(F)F)cc1. The van der Waals surface area contributed by atoms with Crippen molar-refractivity contribution in [3.8, 4) is 0 Å². The number of alkyl halides is 3. The van der Waals surface area contributed by atoms with E-state index in [1.54, 1.807) is 5.32 Å². The molecule has 7 heteroatoms. The monoisotopic (exact) mass is 303 g/mol. The van der Waals surface area contributed by atoms with Gasteiger partial charge >= 0.3 is 18.1 Å². The number of esters is 1. The number of amides is 1. The van der Waals surface area contributed by atoms with E-state index in [1.807, 2.05) is 6.92 Å². The fourth-order valence-corrected chi connectivity index (χ4v) is 1.49. The maximum atomic E-state index is 12.1. The van der Waals surface area contributed by atoms with Crippen LogP contribution >= 0.6 is 0 Å². The molecule has 0 heterocycles. The Morgan fingerprint density at radius 3 is 2.29 bits per heavy atom. The number of anilines is 1. The Morgan fingerprint density at radius 1 is 1.14 bits per heavy atom. The molecule has 0 spiro atoms. The molecule has 0 aliphatic carbocycles. The number of nitrogens with one attached hydrogen (secondary N) is 1. The first-order valence-electron chi connectivity index (χ1n) is 6.50. The van der Waals surface area contributed by atoms with E-state index in [-0.39, 0.29) is 11.3 Å². The molecule has 1 N–H and O–H groups in total. The zero-order valence-electron chi connectivity index (χ0n) is 11.5. The summed E-state index contributed by atoms with van der Waals surface area (Å²) in [4.78, 5) is 22.3. The van der Waals surface area contributed by atoms with Gasteiger partial charge in [-0.05, 0) is 30.7 Å². The van der Waals surface area contributed by atoms with Crippen molar-refractivity contribution in [3.63, 3.8) is 0 Å². The summed E-state index contributed by atoms with van der Waals surface area (Å²) in [5.74, 6) is -2.60. The summed E-state index contributed by atoms with van der Waals surface area (Å²) in [6, 6.07) is 5.03. The van der Waals surface area contributed by atoms with Crippen LogP contribution in [0.4, 0.5) is 18.9 Å². The lowest BCUT2D eigenvalue weighted by molar-refractivity contribution is -0.167. The molecule has 0 saturated carbocycles. The quantitative estimate of drug-likeness (QED) is 0.646. The van der Waals surface area contributed by atoms with E-state index in [9.17, 15) is 22.8 Å². The molecule has 0 aliphatic heterocycles. The number of halogens is 3. The summed E-state index contributed by atoms with van der Waals surface area (Å²) >= 11 is 0. The maximum absolute atomic E-state index is 12.1. The highest BCUT2D eigenvalue weighted by atomic mass is 19.4. The fourth-order valence-electron chi connectivity index (χ4n) is 1.49. The third-order valence-corrected chi connectivity index (χ3v) is 2.62. The second-order valence-corrected chi connectivity index (χ2v) is 4.37. The lowest BCUT2D eigenvalue weighted by Crippen LogP contribution is -2.29. The van der Waals surface area contributed by atoms with Crippen molar-refractivity contribution in [1.29, 1.82) is 0 Å². The molecule has 116 valence electrons. The van der Waals surface area contributed by atoms with Crippen molar-refractivity contribution in [3.05, 3.63) is 29.8 Å². The van der Waals surface area contributed by atoms with Crippen molar-refractivity contribution >= 4 is 17.6 Å². The summed E-state index contributed by atoms with van der Waals surface area (Å²) in [6.07, 6.45) is -2.22. The van der Waals surface area contributed by atoms with Crippen LogP contribution in [0.3, 0.4) is 0 Å². The normalized spacial score (nSPS) is 11.0. The first-order chi connectivity index (χ1) is 9.84. The molecule has 1 rings (SSSR count). The average Bonchev–Trinajstić information content (AvgIpc) is 2.43. The number of hydrogen-bond acceptors (Lipinski definition) is 3. The lowest BCUT2D eigenvalue weighted by Gasteiger charge is -2.08. The Kier molecular flexibility index (Phi) is 6.20. The van der Waals surface area contributed by atoms with Gasteiger partial charge in [0.25, 0.3) is 0 Å². The summed E-state index contributed by atoms with van der Waals surface area (Å²) in [7, 11) is 0. The highest BCUT2D eigenvalue weighted by Gasteiger charge is 2.38. The second kappa shape index (κ2) is 7.66. The number of unbranched alkanes of at least 4 members (excludes halogenated alkanes) is 2. The van der Waals surface area contributed by atoms with Gasteiger partial charge in [0, 0.05) is 5.69 Å². The van der Waals surface area contributed by atoms with E-state index in [1.165, 1.54) is 24.3 Å². The highest BCUT2D eigenvalue weighted by molar-refractivity contribution is 5.95. The van der Waals surface area contributed by atoms with Crippen LogP contribution < -0.4 is 5.32 Å². The third kappa shape index (κ3) is 5.85. The van der Waals surface area contributed by atoms with Gasteiger partial charge in [-0.3, -0.25) is 4.79 Å². The molecule has 1 amide bonds. The van der Waals surface area contributed by atoms with Gasteiger partial charge in [0.1, 0.15) is 0 Å². The van der Waals surface area contributed by atoms with Crippen molar-refractivity contribution in [2.24, 2.45) is 0 Å². The minimum atomic E-state index is -4.95. The van der Waals surface area contributed by atoms with Crippen molar-refractivity contribution in [2.75, 3.05) is 11.9 Å². The van der Waals surface area contributed by atoms with Crippen LogP contribution in [0, 0.1) is 0 Å². The molecule has 1 aromatic rings. The summed E-state index contributed by atoms with van der Waals surface area (Å²) in [5, 5.41) is 1.69. The van der Waals surface area contributed by atoms with E-state index >= 15 is 0 Å². The number of carbonyl (C=O) groups is 2. The largest absolute Gasteiger partial charge is 0.471 e. The molecule has 0 radical (unpaired) electrons.